The standard InChI is InChI=1S/C66H129NO8/c1-3-5-7-9-11-13-15-17-19-21-23-25-27-29-30-32-34-36-38-40-42-44-46-48-50-52-54-56-62(70)67-59(58-74-66-65(73)64(72)63(71)61(57-68)75-66)60(69)55-53-51-49-47-45-43-41-39-37-35-33-31-28-26-24-22-20-18-16-14-12-10-8-6-4-2/h29-30,59-61,63-66,68-69,71-73H,3-28,31-58H2,1-2H3,(H,67,70)/b30-29-. The number of aliphatic hydroxyl groups is 5. The highest BCUT2D eigenvalue weighted by Gasteiger charge is 2.44. The van der Waals surface area contributed by atoms with E-state index in [0.29, 0.717) is 12.8 Å². The Kier molecular flexibility index (Phi) is 53.9. The van der Waals surface area contributed by atoms with E-state index >= 15 is 0 Å². The molecule has 7 unspecified atom stereocenters. The van der Waals surface area contributed by atoms with Crippen LogP contribution in [-0.4, -0.2) is 87.5 Å². The predicted molar refractivity (Wildman–Crippen MR) is 318 cm³/mol. The van der Waals surface area contributed by atoms with E-state index in [1.807, 2.05) is 0 Å². The summed E-state index contributed by atoms with van der Waals surface area (Å²) >= 11 is 0. The molecule has 0 aromatic rings. The van der Waals surface area contributed by atoms with E-state index in [9.17, 15) is 30.3 Å². The second-order valence-electron chi connectivity index (χ2n) is 23.6. The normalized spacial score (nSPS) is 18.8. The van der Waals surface area contributed by atoms with E-state index in [4.69, 9.17) is 9.47 Å². The lowest BCUT2D eigenvalue weighted by Gasteiger charge is -2.40. The Morgan fingerprint density at radius 2 is 0.747 bits per heavy atom. The molecule has 0 aromatic heterocycles. The van der Waals surface area contributed by atoms with Gasteiger partial charge in [0.05, 0.1) is 25.4 Å². The molecule has 7 atom stereocenters. The van der Waals surface area contributed by atoms with Gasteiger partial charge in [-0.1, -0.05) is 315 Å². The molecule has 9 nitrogen and oxygen atoms in total. The van der Waals surface area contributed by atoms with Gasteiger partial charge in [-0.05, 0) is 38.5 Å². The van der Waals surface area contributed by atoms with Crippen LogP contribution in [0.1, 0.15) is 348 Å². The number of unbranched alkanes of at least 4 members (excludes halogenated alkanes) is 47. The second kappa shape index (κ2) is 56.2. The first-order valence-corrected chi connectivity index (χ1v) is 33.4. The van der Waals surface area contributed by atoms with Crippen LogP contribution in [0.2, 0.25) is 0 Å². The minimum Gasteiger partial charge on any atom is -0.394 e. The zero-order valence-corrected chi connectivity index (χ0v) is 49.8. The maximum absolute atomic E-state index is 13.1. The number of ether oxygens (including phenoxy) is 2. The summed E-state index contributed by atoms with van der Waals surface area (Å²) in [6, 6.07) is -0.718. The molecule has 1 aliphatic heterocycles. The Bertz CT molecular complexity index is 1190. The second-order valence-corrected chi connectivity index (χ2v) is 23.6. The van der Waals surface area contributed by atoms with Crippen molar-refractivity contribution in [1.29, 1.82) is 0 Å². The summed E-state index contributed by atoms with van der Waals surface area (Å²) in [5.74, 6) is -0.138. The van der Waals surface area contributed by atoms with Gasteiger partial charge in [-0.2, -0.15) is 0 Å². The highest BCUT2D eigenvalue weighted by Crippen LogP contribution is 2.24. The van der Waals surface area contributed by atoms with E-state index in [1.54, 1.807) is 0 Å². The molecule has 0 spiro atoms. The maximum atomic E-state index is 13.1. The third-order valence-corrected chi connectivity index (χ3v) is 16.4. The molecule has 0 saturated carbocycles. The lowest BCUT2D eigenvalue weighted by atomic mass is 9.99. The number of nitrogens with one attached hydrogen (secondary N) is 1. The number of allylic oxidation sites excluding steroid dienone is 2. The van der Waals surface area contributed by atoms with Crippen molar-refractivity contribution in [3.8, 4) is 0 Å². The van der Waals surface area contributed by atoms with Crippen LogP contribution >= 0.6 is 0 Å². The third kappa shape index (κ3) is 45.4. The Morgan fingerprint density at radius 3 is 1.08 bits per heavy atom. The van der Waals surface area contributed by atoms with Gasteiger partial charge in [-0.3, -0.25) is 4.79 Å². The monoisotopic (exact) mass is 1060 g/mol. The summed E-state index contributed by atoms with van der Waals surface area (Å²) in [6.45, 7) is 3.90. The van der Waals surface area contributed by atoms with Crippen molar-refractivity contribution in [1.82, 2.24) is 5.32 Å². The molecule has 1 fully saturated rings. The molecular weight excluding hydrogens is 935 g/mol. The van der Waals surface area contributed by atoms with Crippen molar-refractivity contribution in [3.05, 3.63) is 12.2 Å². The average Bonchev–Trinajstić information content (AvgIpc) is 3.41. The van der Waals surface area contributed by atoms with Crippen LogP contribution in [0.4, 0.5) is 0 Å². The fourth-order valence-electron chi connectivity index (χ4n) is 11.1. The summed E-state index contributed by atoms with van der Waals surface area (Å²) in [4.78, 5) is 13.1. The number of carbonyl (C=O) groups excluding carboxylic acids is 1. The molecule has 0 aromatic carbocycles. The minimum absolute atomic E-state index is 0.133. The molecular formula is C66H129NO8. The van der Waals surface area contributed by atoms with E-state index in [1.165, 1.54) is 283 Å². The molecule has 75 heavy (non-hydrogen) atoms. The van der Waals surface area contributed by atoms with E-state index in [2.05, 4.69) is 31.3 Å². The van der Waals surface area contributed by atoms with Gasteiger partial charge in [0.1, 0.15) is 24.4 Å². The van der Waals surface area contributed by atoms with Gasteiger partial charge in [0.25, 0.3) is 0 Å². The summed E-state index contributed by atoms with van der Waals surface area (Å²) in [6.07, 6.45) is 64.1. The summed E-state index contributed by atoms with van der Waals surface area (Å²) in [7, 11) is 0. The molecule has 6 N–H and O–H groups in total. The van der Waals surface area contributed by atoms with Gasteiger partial charge in [0.15, 0.2) is 6.29 Å². The van der Waals surface area contributed by atoms with Gasteiger partial charge in [-0.15, -0.1) is 0 Å². The fraction of sp³-hybridized carbons (Fsp3) is 0.955. The van der Waals surface area contributed by atoms with E-state index < -0.39 is 49.5 Å². The average molecular weight is 1060 g/mol. The molecule has 1 aliphatic rings. The first-order chi connectivity index (χ1) is 36.8. The van der Waals surface area contributed by atoms with Gasteiger partial charge in [-0.25, -0.2) is 0 Å². The van der Waals surface area contributed by atoms with Crippen LogP contribution in [0.3, 0.4) is 0 Å². The molecule has 9 heteroatoms. The topological polar surface area (TPSA) is 149 Å². The van der Waals surface area contributed by atoms with Crippen molar-refractivity contribution in [2.24, 2.45) is 0 Å². The van der Waals surface area contributed by atoms with Gasteiger partial charge < -0.3 is 40.3 Å². The lowest BCUT2D eigenvalue weighted by molar-refractivity contribution is -0.302. The van der Waals surface area contributed by atoms with Crippen molar-refractivity contribution >= 4 is 5.91 Å². The minimum atomic E-state index is -1.55. The summed E-state index contributed by atoms with van der Waals surface area (Å²) in [5, 5.41) is 54.9. The van der Waals surface area contributed by atoms with Crippen molar-refractivity contribution in [3.63, 3.8) is 0 Å². The van der Waals surface area contributed by atoms with Crippen LogP contribution in [0.25, 0.3) is 0 Å². The van der Waals surface area contributed by atoms with Crippen molar-refractivity contribution in [2.75, 3.05) is 13.2 Å². The third-order valence-electron chi connectivity index (χ3n) is 16.4. The van der Waals surface area contributed by atoms with Crippen LogP contribution < -0.4 is 5.32 Å². The summed E-state index contributed by atoms with van der Waals surface area (Å²) < 4.78 is 11.4. The number of hydrogen-bond donors (Lipinski definition) is 6. The highest BCUT2D eigenvalue weighted by molar-refractivity contribution is 5.76. The highest BCUT2D eigenvalue weighted by atomic mass is 16.7. The molecule has 1 rings (SSSR count). The smallest absolute Gasteiger partial charge is 0.220 e. The first-order valence-electron chi connectivity index (χ1n) is 33.4. The van der Waals surface area contributed by atoms with Crippen molar-refractivity contribution < 1.29 is 39.8 Å². The Labute approximate surface area is 465 Å². The zero-order valence-electron chi connectivity index (χ0n) is 49.8. The molecule has 1 heterocycles. The lowest BCUT2D eigenvalue weighted by Crippen LogP contribution is -2.60. The Hall–Kier alpha value is -1.07. The SMILES string of the molecule is CCCCCCCCCCCCCC/C=C\CCCCCCCCCCCCCC(=O)NC(COC1OC(CO)C(O)C(O)C1O)C(O)CCCCCCCCCCCCCCCCCCCCCCCCCCC. The molecule has 0 bridgehead atoms. The van der Waals surface area contributed by atoms with Gasteiger partial charge in [0, 0.05) is 6.42 Å². The molecule has 446 valence electrons. The molecule has 1 saturated heterocycles. The number of hydrogen-bond acceptors (Lipinski definition) is 8. The molecule has 1 amide bonds. The number of amides is 1. The number of rotatable bonds is 59. The van der Waals surface area contributed by atoms with Gasteiger partial charge >= 0.3 is 0 Å². The van der Waals surface area contributed by atoms with Crippen LogP contribution in [0.5, 0.6) is 0 Å². The quantitative estimate of drug-likeness (QED) is 0.0261. The maximum Gasteiger partial charge on any atom is 0.220 e. The summed E-state index contributed by atoms with van der Waals surface area (Å²) in [5.41, 5.74) is 0. The van der Waals surface area contributed by atoms with Crippen LogP contribution in [-0.2, 0) is 14.3 Å². The number of carbonyl (C=O) groups is 1. The van der Waals surface area contributed by atoms with Crippen LogP contribution in [0, 0.1) is 0 Å². The zero-order chi connectivity index (χ0) is 54.3. The predicted octanol–water partition coefficient (Wildman–Crippen LogP) is 17.5. The Morgan fingerprint density at radius 1 is 0.440 bits per heavy atom. The fourth-order valence-corrected chi connectivity index (χ4v) is 11.1. The molecule has 0 aliphatic carbocycles. The van der Waals surface area contributed by atoms with Crippen LogP contribution in [0.15, 0.2) is 12.2 Å². The Balaban J connectivity index is 2.13. The number of aliphatic hydroxyl groups excluding tert-OH is 5. The largest absolute Gasteiger partial charge is 0.394 e. The van der Waals surface area contributed by atoms with Crippen molar-refractivity contribution in [2.45, 2.75) is 391 Å². The van der Waals surface area contributed by atoms with Gasteiger partial charge in [0.2, 0.25) is 5.91 Å². The first kappa shape index (κ1) is 71.9. The molecule has 0 radical (unpaired) electrons. The van der Waals surface area contributed by atoms with E-state index in [-0.39, 0.29) is 12.5 Å². The van der Waals surface area contributed by atoms with E-state index in [0.717, 1.165) is 38.5 Å².